The van der Waals surface area contributed by atoms with Crippen LogP contribution in [0.15, 0.2) is 18.3 Å². The first-order valence-corrected chi connectivity index (χ1v) is 12.5. The van der Waals surface area contributed by atoms with Crippen LogP contribution in [-0.4, -0.2) is 97.3 Å². The standard InChI is InChI=1S/C24H32F3N7O3/c1-16-10-18(34(14-16)19-13-30-31-23(36)22(19)24(25,26)27)15-37-9-4-21(35)33-7-5-32(6-8-33)20-3-2-17(11-28)12-29-20/h2-3,12,16,18-19,22,30H,4-10,13-15H2,1H3,(H,31,36)/t16-,18-,19?,22?/m0/s1. The van der Waals surface area contributed by atoms with Crippen molar-refractivity contribution in [1.82, 2.24) is 25.6 Å². The molecule has 0 aromatic carbocycles. The number of nitrogens with one attached hydrogen (secondary N) is 2. The van der Waals surface area contributed by atoms with Crippen LogP contribution in [-0.2, 0) is 14.3 Å². The summed E-state index contributed by atoms with van der Waals surface area (Å²) in [6.45, 7) is 5.17. The number of piperazine rings is 1. The molecule has 0 spiro atoms. The lowest BCUT2D eigenvalue weighted by Crippen LogP contribution is -2.65. The van der Waals surface area contributed by atoms with E-state index in [0.29, 0.717) is 44.7 Å². The zero-order valence-corrected chi connectivity index (χ0v) is 20.7. The number of nitriles is 1. The lowest BCUT2D eigenvalue weighted by molar-refractivity contribution is -0.201. The van der Waals surface area contributed by atoms with E-state index in [0.717, 1.165) is 5.82 Å². The first kappa shape index (κ1) is 27.1. The number of alkyl halides is 3. The fourth-order valence-electron chi connectivity index (χ4n) is 5.40. The minimum Gasteiger partial charge on any atom is -0.379 e. The van der Waals surface area contributed by atoms with Crippen LogP contribution in [0.1, 0.15) is 25.3 Å². The summed E-state index contributed by atoms with van der Waals surface area (Å²) in [6.07, 6.45) is -2.25. The van der Waals surface area contributed by atoms with Crippen LogP contribution in [0.5, 0.6) is 0 Å². The van der Waals surface area contributed by atoms with Crippen molar-refractivity contribution in [3.05, 3.63) is 23.9 Å². The summed E-state index contributed by atoms with van der Waals surface area (Å²) in [5.41, 5.74) is 5.18. The maximum absolute atomic E-state index is 13.6. The summed E-state index contributed by atoms with van der Waals surface area (Å²) >= 11 is 0. The lowest BCUT2D eigenvalue weighted by atomic mass is 9.94. The topological polar surface area (TPSA) is 114 Å². The SMILES string of the molecule is C[C@H]1C[C@@H](COCCC(=O)N2CCN(c3ccc(C#N)cn3)CC2)N(C2CNNC(=O)C2C(F)(F)F)C1. The summed E-state index contributed by atoms with van der Waals surface area (Å²) in [6, 6.07) is 4.29. The van der Waals surface area contributed by atoms with Crippen molar-refractivity contribution in [2.24, 2.45) is 11.8 Å². The van der Waals surface area contributed by atoms with Crippen molar-refractivity contribution in [3.63, 3.8) is 0 Å². The van der Waals surface area contributed by atoms with Crippen molar-refractivity contribution < 1.29 is 27.5 Å². The van der Waals surface area contributed by atoms with Crippen LogP contribution in [0.3, 0.4) is 0 Å². The zero-order chi connectivity index (χ0) is 26.6. The van der Waals surface area contributed by atoms with Gasteiger partial charge in [-0.25, -0.2) is 10.4 Å². The molecular formula is C24H32F3N7O3. The van der Waals surface area contributed by atoms with E-state index in [2.05, 4.69) is 20.7 Å². The van der Waals surface area contributed by atoms with Crippen molar-refractivity contribution in [1.29, 1.82) is 5.26 Å². The minimum atomic E-state index is -4.64. The van der Waals surface area contributed by atoms with Gasteiger partial charge in [0.15, 0.2) is 5.92 Å². The summed E-state index contributed by atoms with van der Waals surface area (Å²) < 4.78 is 46.7. The van der Waals surface area contributed by atoms with E-state index in [1.807, 2.05) is 13.0 Å². The summed E-state index contributed by atoms with van der Waals surface area (Å²) in [5.74, 6) is -2.25. The minimum absolute atomic E-state index is 0.00158. The molecule has 0 bridgehead atoms. The normalized spacial score (nSPS) is 27.2. The molecule has 10 nitrogen and oxygen atoms in total. The highest BCUT2D eigenvalue weighted by Crippen LogP contribution is 2.36. The number of carbonyl (C=O) groups is 2. The van der Waals surface area contributed by atoms with E-state index in [4.69, 9.17) is 10.00 Å². The fourth-order valence-corrected chi connectivity index (χ4v) is 5.40. The Bertz CT molecular complexity index is 993. The summed E-state index contributed by atoms with van der Waals surface area (Å²) in [7, 11) is 0. The molecule has 3 saturated heterocycles. The molecule has 3 aliphatic rings. The first-order valence-electron chi connectivity index (χ1n) is 12.5. The Morgan fingerprint density at radius 2 is 2.03 bits per heavy atom. The van der Waals surface area contributed by atoms with Crippen LogP contribution < -0.4 is 15.8 Å². The second kappa shape index (κ2) is 11.6. The number of aromatic nitrogens is 1. The molecule has 3 fully saturated rings. The molecule has 2 amide bonds. The Kier molecular flexibility index (Phi) is 8.51. The van der Waals surface area contributed by atoms with Gasteiger partial charge in [-0.3, -0.25) is 19.9 Å². The third-order valence-electron chi connectivity index (χ3n) is 7.24. The molecule has 2 N–H and O–H groups in total. The number of nitrogens with zero attached hydrogens (tertiary/aromatic N) is 5. The molecule has 1 aromatic heterocycles. The summed E-state index contributed by atoms with van der Waals surface area (Å²) in [5, 5.41) is 8.90. The monoisotopic (exact) mass is 523 g/mol. The van der Waals surface area contributed by atoms with E-state index >= 15 is 0 Å². The van der Waals surface area contributed by atoms with Gasteiger partial charge in [0, 0.05) is 57.5 Å². The fraction of sp³-hybridized carbons (Fsp3) is 0.667. The van der Waals surface area contributed by atoms with E-state index in [9.17, 15) is 22.8 Å². The van der Waals surface area contributed by atoms with Crippen molar-refractivity contribution in [2.45, 2.75) is 38.0 Å². The first-order chi connectivity index (χ1) is 17.7. The van der Waals surface area contributed by atoms with Gasteiger partial charge in [0.25, 0.3) is 0 Å². The Labute approximate surface area is 213 Å². The number of carbonyl (C=O) groups excluding carboxylic acids is 2. The predicted octanol–water partition coefficient (Wildman–Crippen LogP) is 0.900. The van der Waals surface area contributed by atoms with Gasteiger partial charge >= 0.3 is 6.18 Å². The molecule has 4 atom stereocenters. The number of pyridine rings is 1. The smallest absolute Gasteiger partial charge is 0.379 e. The van der Waals surface area contributed by atoms with Gasteiger partial charge in [0.1, 0.15) is 11.9 Å². The molecule has 0 radical (unpaired) electrons. The van der Waals surface area contributed by atoms with Gasteiger partial charge in [0.2, 0.25) is 11.8 Å². The molecular weight excluding hydrogens is 491 g/mol. The number of ether oxygens (including phenoxy) is 1. The van der Waals surface area contributed by atoms with Gasteiger partial charge in [-0.1, -0.05) is 6.92 Å². The third kappa shape index (κ3) is 6.49. The molecule has 37 heavy (non-hydrogen) atoms. The molecule has 202 valence electrons. The number of rotatable bonds is 7. The number of likely N-dealkylation sites (tertiary alicyclic amines) is 1. The van der Waals surface area contributed by atoms with Crippen molar-refractivity contribution >= 4 is 17.6 Å². The van der Waals surface area contributed by atoms with Gasteiger partial charge in [-0.2, -0.15) is 18.4 Å². The van der Waals surface area contributed by atoms with E-state index in [1.165, 1.54) is 6.20 Å². The maximum atomic E-state index is 13.6. The third-order valence-corrected chi connectivity index (χ3v) is 7.24. The van der Waals surface area contributed by atoms with Crippen LogP contribution in [0.25, 0.3) is 0 Å². The van der Waals surface area contributed by atoms with E-state index < -0.39 is 24.0 Å². The Balaban J connectivity index is 1.22. The molecule has 2 unspecified atom stereocenters. The number of hydrazine groups is 1. The number of hydrogen-bond acceptors (Lipinski definition) is 8. The Morgan fingerprint density at radius 1 is 1.27 bits per heavy atom. The number of halogens is 3. The number of hydrogen-bond donors (Lipinski definition) is 2. The largest absolute Gasteiger partial charge is 0.402 e. The highest BCUT2D eigenvalue weighted by molar-refractivity contribution is 5.80. The van der Waals surface area contributed by atoms with Crippen LogP contribution in [0, 0.1) is 23.2 Å². The lowest BCUT2D eigenvalue weighted by Gasteiger charge is -2.41. The van der Waals surface area contributed by atoms with Crippen LogP contribution in [0.2, 0.25) is 0 Å². The molecule has 4 rings (SSSR count). The van der Waals surface area contributed by atoms with Gasteiger partial charge in [0.05, 0.1) is 25.2 Å². The van der Waals surface area contributed by atoms with Gasteiger partial charge in [-0.15, -0.1) is 0 Å². The Hall–Kier alpha value is -2.95. The number of amides is 2. The van der Waals surface area contributed by atoms with Crippen molar-refractivity contribution in [2.75, 3.05) is 57.4 Å². The maximum Gasteiger partial charge on any atom is 0.402 e. The molecule has 3 aliphatic heterocycles. The second-order valence-electron chi connectivity index (χ2n) is 9.86. The highest BCUT2D eigenvalue weighted by Gasteiger charge is 2.54. The zero-order valence-electron chi connectivity index (χ0n) is 20.7. The molecule has 1 aromatic rings. The van der Waals surface area contributed by atoms with Crippen LogP contribution >= 0.6 is 0 Å². The molecule has 0 saturated carbocycles. The molecule has 13 heteroatoms. The van der Waals surface area contributed by atoms with E-state index in [1.54, 1.807) is 21.9 Å². The molecule has 4 heterocycles. The van der Waals surface area contributed by atoms with Crippen molar-refractivity contribution in [3.8, 4) is 6.07 Å². The predicted molar refractivity (Wildman–Crippen MR) is 127 cm³/mol. The quantitative estimate of drug-likeness (QED) is 0.507. The summed E-state index contributed by atoms with van der Waals surface area (Å²) in [4.78, 5) is 34.5. The van der Waals surface area contributed by atoms with Crippen LogP contribution in [0.4, 0.5) is 19.0 Å². The average molecular weight is 524 g/mol. The van der Waals surface area contributed by atoms with Gasteiger partial charge in [-0.05, 0) is 24.5 Å². The highest BCUT2D eigenvalue weighted by atomic mass is 19.4. The second-order valence-corrected chi connectivity index (χ2v) is 9.86. The Morgan fingerprint density at radius 3 is 2.68 bits per heavy atom. The van der Waals surface area contributed by atoms with E-state index in [-0.39, 0.29) is 44.0 Å². The number of anilines is 1. The molecule has 0 aliphatic carbocycles. The average Bonchev–Trinajstić information content (AvgIpc) is 3.26. The van der Waals surface area contributed by atoms with Gasteiger partial charge < -0.3 is 14.5 Å².